The second kappa shape index (κ2) is 5.29. The lowest BCUT2D eigenvalue weighted by molar-refractivity contribution is 0.410. The van der Waals surface area contributed by atoms with Gasteiger partial charge < -0.3 is 9.47 Å². The van der Waals surface area contributed by atoms with E-state index in [0.717, 1.165) is 17.5 Å². The molecular formula is C9H17N3S. The number of rotatable bonds is 5. The van der Waals surface area contributed by atoms with E-state index in [0.29, 0.717) is 0 Å². The number of nitrogens with zero attached hydrogens (tertiary/aromatic N) is 3. The minimum absolute atomic E-state index is 1.11. The van der Waals surface area contributed by atoms with E-state index in [1.54, 1.807) is 0 Å². The number of aryl methyl sites for hydroxylation is 1. The molecule has 4 heteroatoms. The Hall–Kier alpha value is -0.480. The van der Waals surface area contributed by atoms with E-state index in [1.165, 1.54) is 6.42 Å². The zero-order valence-corrected chi connectivity index (χ0v) is 9.34. The summed E-state index contributed by atoms with van der Waals surface area (Å²) in [6, 6.07) is 0. The molecule has 0 aliphatic rings. The average Bonchev–Trinajstić information content (AvgIpc) is 2.45. The van der Waals surface area contributed by atoms with E-state index in [2.05, 4.69) is 28.5 Å². The van der Waals surface area contributed by atoms with Crippen LogP contribution in [0.4, 0.5) is 0 Å². The SMILES string of the molecule is CN(C)CCCSc1nccn1C. The van der Waals surface area contributed by atoms with Gasteiger partial charge in [0.2, 0.25) is 0 Å². The predicted molar refractivity (Wildman–Crippen MR) is 57.1 cm³/mol. The molecule has 0 amide bonds. The minimum atomic E-state index is 1.11. The van der Waals surface area contributed by atoms with Gasteiger partial charge in [-0.25, -0.2) is 4.98 Å². The van der Waals surface area contributed by atoms with Gasteiger partial charge in [-0.1, -0.05) is 11.8 Å². The highest BCUT2D eigenvalue weighted by atomic mass is 32.2. The quantitative estimate of drug-likeness (QED) is 0.529. The molecule has 1 rings (SSSR count). The summed E-state index contributed by atoms with van der Waals surface area (Å²) in [5, 5.41) is 1.11. The van der Waals surface area contributed by atoms with Crippen LogP contribution in [0.15, 0.2) is 17.6 Å². The Morgan fingerprint density at radius 1 is 1.54 bits per heavy atom. The van der Waals surface area contributed by atoms with Gasteiger partial charge in [-0.2, -0.15) is 0 Å². The Bertz CT molecular complexity index is 245. The fraction of sp³-hybridized carbons (Fsp3) is 0.667. The first-order valence-electron chi connectivity index (χ1n) is 4.45. The Labute approximate surface area is 84.1 Å². The molecule has 0 aliphatic heterocycles. The Balaban J connectivity index is 2.17. The molecule has 0 bridgehead atoms. The lowest BCUT2D eigenvalue weighted by atomic mass is 10.5. The van der Waals surface area contributed by atoms with Crippen molar-refractivity contribution >= 4 is 11.8 Å². The van der Waals surface area contributed by atoms with Crippen molar-refractivity contribution in [1.82, 2.24) is 14.5 Å². The Kier molecular flexibility index (Phi) is 4.32. The maximum absolute atomic E-state index is 4.24. The first kappa shape index (κ1) is 10.6. The molecule has 0 unspecified atom stereocenters. The third kappa shape index (κ3) is 3.83. The van der Waals surface area contributed by atoms with Gasteiger partial charge >= 0.3 is 0 Å². The normalized spacial score (nSPS) is 11.1. The van der Waals surface area contributed by atoms with Gasteiger partial charge in [0.05, 0.1) is 0 Å². The molecular weight excluding hydrogens is 182 g/mol. The molecule has 13 heavy (non-hydrogen) atoms. The molecule has 1 heterocycles. The molecule has 0 saturated heterocycles. The fourth-order valence-corrected chi connectivity index (χ4v) is 1.89. The summed E-state index contributed by atoms with van der Waals surface area (Å²) in [6.07, 6.45) is 5.03. The fourth-order valence-electron chi connectivity index (χ4n) is 1.04. The topological polar surface area (TPSA) is 21.1 Å². The maximum Gasteiger partial charge on any atom is 0.167 e. The first-order valence-corrected chi connectivity index (χ1v) is 5.43. The van der Waals surface area contributed by atoms with Crippen LogP contribution in [0.5, 0.6) is 0 Å². The lowest BCUT2D eigenvalue weighted by Crippen LogP contribution is -2.13. The van der Waals surface area contributed by atoms with Crippen LogP contribution in [0, 0.1) is 0 Å². The standard InChI is InChI=1S/C9H17N3S/c1-11(2)6-4-8-13-9-10-5-7-12(9)3/h5,7H,4,6,8H2,1-3H3. The van der Waals surface area contributed by atoms with Crippen molar-refractivity contribution < 1.29 is 0 Å². The van der Waals surface area contributed by atoms with Gasteiger partial charge in [0.25, 0.3) is 0 Å². The van der Waals surface area contributed by atoms with Crippen LogP contribution in [0.1, 0.15) is 6.42 Å². The molecule has 0 spiro atoms. The van der Waals surface area contributed by atoms with Crippen LogP contribution in [0.2, 0.25) is 0 Å². The van der Waals surface area contributed by atoms with Gasteiger partial charge in [-0.15, -0.1) is 0 Å². The van der Waals surface area contributed by atoms with E-state index >= 15 is 0 Å². The van der Waals surface area contributed by atoms with Crippen LogP contribution >= 0.6 is 11.8 Å². The second-order valence-electron chi connectivity index (χ2n) is 3.33. The number of aromatic nitrogens is 2. The molecule has 0 N–H and O–H groups in total. The zero-order chi connectivity index (χ0) is 9.68. The number of imidazole rings is 1. The van der Waals surface area contributed by atoms with Crippen LogP contribution in [0.25, 0.3) is 0 Å². The number of hydrogen-bond donors (Lipinski definition) is 0. The number of hydrogen-bond acceptors (Lipinski definition) is 3. The Morgan fingerprint density at radius 3 is 2.85 bits per heavy atom. The summed E-state index contributed by atoms with van der Waals surface area (Å²) in [5.41, 5.74) is 0. The van der Waals surface area contributed by atoms with E-state index in [4.69, 9.17) is 0 Å². The van der Waals surface area contributed by atoms with Gasteiger partial charge in [-0.3, -0.25) is 0 Å². The molecule has 0 radical (unpaired) electrons. The van der Waals surface area contributed by atoms with Crippen LogP contribution in [0.3, 0.4) is 0 Å². The molecule has 0 saturated carbocycles. The maximum atomic E-state index is 4.24. The van der Waals surface area contributed by atoms with Crippen molar-refractivity contribution in [2.45, 2.75) is 11.6 Å². The van der Waals surface area contributed by atoms with Crippen LogP contribution < -0.4 is 0 Å². The summed E-state index contributed by atoms with van der Waals surface area (Å²) in [5.74, 6) is 1.14. The van der Waals surface area contributed by atoms with Crippen LogP contribution in [-0.2, 0) is 7.05 Å². The molecule has 1 aromatic heterocycles. The molecule has 0 atom stereocenters. The summed E-state index contributed by atoms with van der Waals surface area (Å²) < 4.78 is 2.06. The largest absolute Gasteiger partial charge is 0.329 e. The molecule has 0 aliphatic carbocycles. The highest BCUT2D eigenvalue weighted by molar-refractivity contribution is 7.99. The van der Waals surface area contributed by atoms with Crippen molar-refractivity contribution in [3.63, 3.8) is 0 Å². The van der Waals surface area contributed by atoms with Crippen molar-refractivity contribution in [1.29, 1.82) is 0 Å². The van der Waals surface area contributed by atoms with Gasteiger partial charge in [-0.05, 0) is 27.1 Å². The smallest absolute Gasteiger partial charge is 0.167 e. The van der Waals surface area contributed by atoms with Gasteiger partial charge in [0, 0.05) is 25.2 Å². The van der Waals surface area contributed by atoms with Crippen molar-refractivity contribution in [2.75, 3.05) is 26.4 Å². The highest BCUT2D eigenvalue weighted by Gasteiger charge is 1.99. The van der Waals surface area contributed by atoms with E-state index in [9.17, 15) is 0 Å². The van der Waals surface area contributed by atoms with E-state index in [1.807, 2.05) is 31.2 Å². The van der Waals surface area contributed by atoms with Crippen molar-refractivity contribution in [3.05, 3.63) is 12.4 Å². The van der Waals surface area contributed by atoms with Gasteiger partial charge in [0.15, 0.2) is 5.16 Å². The monoisotopic (exact) mass is 199 g/mol. The summed E-state index contributed by atoms with van der Waals surface area (Å²) in [4.78, 5) is 6.45. The third-order valence-electron chi connectivity index (χ3n) is 1.76. The highest BCUT2D eigenvalue weighted by Crippen LogP contribution is 2.14. The lowest BCUT2D eigenvalue weighted by Gasteiger charge is -2.08. The van der Waals surface area contributed by atoms with E-state index in [-0.39, 0.29) is 0 Å². The molecule has 0 aromatic carbocycles. The van der Waals surface area contributed by atoms with Crippen LogP contribution in [-0.4, -0.2) is 40.8 Å². The zero-order valence-electron chi connectivity index (χ0n) is 8.53. The number of thioether (sulfide) groups is 1. The third-order valence-corrected chi connectivity index (χ3v) is 2.90. The van der Waals surface area contributed by atoms with Crippen molar-refractivity contribution in [3.8, 4) is 0 Å². The van der Waals surface area contributed by atoms with E-state index < -0.39 is 0 Å². The molecule has 0 fully saturated rings. The molecule has 1 aromatic rings. The second-order valence-corrected chi connectivity index (χ2v) is 4.39. The predicted octanol–water partition coefficient (Wildman–Crippen LogP) is 1.46. The first-order chi connectivity index (χ1) is 6.20. The van der Waals surface area contributed by atoms with Gasteiger partial charge in [0.1, 0.15) is 0 Å². The minimum Gasteiger partial charge on any atom is -0.329 e. The summed E-state index contributed by atoms with van der Waals surface area (Å²) in [6.45, 7) is 1.15. The summed E-state index contributed by atoms with van der Waals surface area (Å²) in [7, 11) is 6.23. The molecule has 74 valence electrons. The summed E-state index contributed by atoms with van der Waals surface area (Å²) >= 11 is 1.82. The van der Waals surface area contributed by atoms with Crippen molar-refractivity contribution in [2.24, 2.45) is 7.05 Å². The average molecular weight is 199 g/mol. The molecule has 3 nitrogen and oxygen atoms in total. The Morgan fingerprint density at radius 2 is 2.31 bits per heavy atom.